The van der Waals surface area contributed by atoms with Crippen molar-refractivity contribution in [3.05, 3.63) is 0 Å². The minimum Gasteiger partial charge on any atom is -0.341 e. The number of piperidine rings is 2. The third-order valence-electron chi connectivity index (χ3n) is 5.61. The Kier molecular flexibility index (Phi) is 5.57. The van der Waals surface area contributed by atoms with Crippen LogP contribution in [0.25, 0.3) is 0 Å². The van der Waals surface area contributed by atoms with Crippen LogP contribution >= 0.6 is 0 Å². The van der Waals surface area contributed by atoms with Crippen LogP contribution in [-0.4, -0.2) is 59.9 Å². The first-order chi connectivity index (χ1) is 11.2. The molecule has 1 unspecified atom stereocenters. The summed E-state index contributed by atoms with van der Waals surface area (Å²) in [4.78, 5) is 28.8. The highest BCUT2D eigenvalue weighted by Crippen LogP contribution is 2.28. The molecule has 1 aliphatic carbocycles. The lowest BCUT2D eigenvalue weighted by molar-refractivity contribution is -0.148. The van der Waals surface area contributed by atoms with E-state index in [-0.39, 0.29) is 17.9 Å². The van der Waals surface area contributed by atoms with Crippen LogP contribution in [0.4, 0.5) is 0 Å². The summed E-state index contributed by atoms with van der Waals surface area (Å²) in [7, 11) is 0. The summed E-state index contributed by atoms with van der Waals surface area (Å²) >= 11 is 0. The first kappa shape index (κ1) is 16.7. The summed E-state index contributed by atoms with van der Waals surface area (Å²) in [5.41, 5.74) is 0. The molecule has 0 radical (unpaired) electrons. The smallest absolute Gasteiger partial charge is 0.245 e. The van der Waals surface area contributed by atoms with Gasteiger partial charge in [0, 0.05) is 32.1 Å². The minimum atomic E-state index is -0.202. The van der Waals surface area contributed by atoms with E-state index in [9.17, 15) is 9.59 Å². The van der Waals surface area contributed by atoms with Gasteiger partial charge >= 0.3 is 0 Å². The molecule has 2 heterocycles. The highest BCUT2D eigenvalue weighted by molar-refractivity contribution is 5.87. The van der Waals surface area contributed by atoms with Crippen molar-refractivity contribution < 1.29 is 9.59 Å². The number of nitrogens with zero attached hydrogens (tertiary/aromatic N) is 2. The van der Waals surface area contributed by atoms with Crippen LogP contribution in [0.3, 0.4) is 0 Å². The number of hydrogen-bond donors (Lipinski definition) is 1. The summed E-state index contributed by atoms with van der Waals surface area (Å²) in [5, 5.41) is 3.66. The van der Waals surface area contributed by atoms with Gasteiger partial charge in [0.15, 0.2) is 0 Å². The number of hydrogen-bond acceptors (Lipinski definition) is 3. The summed E-state index contributed by atoms with van der Waals surface area (Å²) in [6, 6.07) is 0.367. The van der Waals surface area contributed by atoms with Gasteiger partial charge in [-0.3, -0.25) is 9.59 Å². The summed E-state index contributed by atoms with van der Waals surface area (Å²) < 4.78 is 0. The van der Waals surface area contributed by atoms with Gasteiger partial charge in [-0.25, -0.2) is 0 Å². The van der Waals surface area contributed by atoms with Crippen molar-refractivity contribution in [2.24, 2.45) is 5.92 Å². The maximum Gasteiger partial charge on any atom is 0.245 e. The summed E-state index contributed by atoms with van der Waals surface area (Å²) in [6.45, 7) is 5.47. The Balaban J connectivity index is 1.49. The van der Waals surface area contributed by atoms with E-state index in [1.54, 1.807) is 0 Å². The SMILES string of the molecule is CCC(=O)N1CCCCC1C(=O)N1CCC(NCC2CC2)CC1. The fourth-order valence-corrected chi connectivity index (χ4v) is 3.86. The average Bonchev–Trinajstić information content (AvgIpc) is 3.43. The molecule has 3 fully saturated rings. The molecule has 5 nitrogen and oxygen atoms in total. The number of likely N-dealkylation sites (tertiary alicyclic amines) is 2. The van der Waals surface area contributed by atoms with Gasteiger partial charge in [0.2, 0.25) is 11.8 Å². The Morgan fingerprint density at radius 3 is 2.39 bits per heavy atom. The zero-order chi connectivity index (χ0) is 16.2. The molecule has 1 atom stereocenters. The Morgan fingerprint density at radius 2 is 1.74 bits per heavy atom. The Hall–Kier alpha value is -1.10. The lowest BCUT2D eigenvalue weighted by Gasteiger charge is -2.40. The molecular weight excluding hydrogens is 290 g/mol. The van der Waals surface area contributed by atoms with Crippen LogP contribution in [0.1, 0.15) is 58.3 Å². The highest BCUT2D eigenvalue weighted by atomic mass is 16.2. The van der Waals surface area contributed by atoms with Crippen molar-refractivity contribution in [2.45, 2.75) is 70.4 Å². The number of carbonyl (C=O) groups is 2. The van der Waals surface area contributed by atoms with Crippen molar-refractivity contribution in [3.63, 3.8) is 0 Å². The molecule has 0 aromatic heterocycles. The fraction of sp³-hybridized carbons (Fsp3) is 0.889. The van der Waals surface area contributed by atoms with E-state index in [4.69, 9.17) is 0 Å². The van der Waals surface area contributed by atoms with Crippen molar-refractivity contribution in [3.8, 4) is 0 Å². The van der Waals surface area contributed by atoms with Crippen LogP contribution in [0.2, 0.25) is 0 Å². The number of nitrogens with one attached hydrogen (secondary N) is 1. The van der Waals surface area contributed by atoms with Crippen LogP contribution < -0.4 is 5.32 Å². The van der Waals surface area contributed by atoms with E-state index in [0.29, 0.717) is 12.5 Å². The number of rotatable bonds is 5. The van der Waals surface area contributed by atoms with Gasteiger partial charge in [-0.2, -0.15) is 0 Å². The largest absolute Gasteiger partial charge is 0.341 e. The molecule has 0 aromatic carbocycles. The van der Waals surface area contributed by atoms with Crippen molar-refractivity contribution >= 4 is 11.8 Å². The quantitative estimate of drug-likeness (QED) is 0.839. The van der Waals surface area contributed by atoms with Gasteiger partial charge in [-0.15, -0.1) is 0 Å². The lowest BCUT2D eigenvalue weighted by atomic mass is 9.98. The second-order valence-corrected chi connectivity index (χ2v) is 7.40. The van der Waals surface area contributed by atoms with Gasteiger partial charge in [0.05, 0.1) is 0 Å². The molecule has 1 N–H and O–H groups in total. The van der Waals surface area contributed by atoms with Crippen LogP contribution in [0.15, 0.2) is 0 Å². The second kappa shape index (κ2) is 7.65. The standard InChI is InChI=1S/C18H31N3O2/c1-2-17(22)21-10-4-3-5-16(21)18(23)20-11-8-15(9-12-20)19-13-14-6-7-14/h14-16,19H,2-13H2,1H3. The lowest BCUT2D eigenvalue weighted by Crippen LogP contribution is -2.55. The van der Waals surface area contributed by atoms with Crippen molar-refractivity contribution in [2.75, 3.05) is 26.2 Å². The monoisotopic (exact) mass is 321 g/mol. The Bertz CT molecular complexity index is 428. The molecule has 5 heteroatoms. The molecule has 130 valence electrons. The van der Waals surface area contributed by atoms with Gasteiger partial charge in [-0.1, -0.05) is 6.92 Å². The molecule has 0 bridgehead atoms. The van der Waals surface area contributed by atoms with Crippen LogP contribution in [0, 0.1) is 5.92 Å². The van der Waals surface area contributed by atoms with Crippen molar-refractivity contribution in [1.82, 2.24) is 15.1 Å². The van der Waals surface area contributed by atoms with E-state index in [1.807, 2.05) is 16.7 Å². The third-order valence-corrected chi connectivity index (χ3v) is 5.61. The zero-order valence-electron chi connectivity index (χ0n) is 14.4. The average molecular weight is 321 g/mol. The Morgan fingerprint density at radius 1 is 1.00 bits per heavy atom. The van der Waals surface area contributed by atoms with Crippen LogP contribution in [0.5, 0.6) is 0 Å². The molecule has 0 spiro atoms. The predicted molar refractivity (Wildman–Crippen MR) is 90.0 cm³/mol. The molecule has 2 saturated heterocycles. The summed E-state index contributed by atoms with van der Waals surface area (Å²) in [5.74, 6) is 1.22. The third kappa shape index (κ3) is 4.25. The minimum absolute atomic E-state index is 0.129. The second-order valence-electron chi connectivity index (χ2n) is 7.40. The zero-order valence-corrected chi connectivity index (χ0v) is 14.4. The highest BCUT2D eigenvalue weighted by Gasteiger charge is 2.35. The maximum atomic E-state index is 12.9. The van der Waals surface area contributed by atoms with E-state index in [2.05, 4.69) is 5.32 Å². The number of amides is 2. The molecule has 2 aliphatic heterocycles. The first-order valence-electron chi connectivity index (χ1n) is 9.50. The summed E-state index contributed by atoms with van der Waals surface area (Å²) in [6.07, 6.45) is 8.29. The molecule has 3 aliphatic rings. The maximum absolute atomic E-state index is 12.9. The first-order valence-corrected chi connectivity index (χ1v) is 9.50. The molecular formula is C18H31N3O2. The van der Waals surface area contributed by atoms with Gasteiger partial charge in [0.25, 0.3) is 0 Å². The van der Waals surface area contributed by atoms with Gasteiger partial charge < -0.3 is 15.1 Å². The van der Waals surface area contributed by atoms with E-state index < -0.39 is 0 Å². The molecule has 23 heavy (non-hydrogen) atoms. The fourth-order valence-electron chi connectivity index (χ4n) is 3.86. The predicted octanol–water partition coefficient (Wildman–Crippen LogP) is 1.77. The topological polar surface area (TPSA) is 52.7 Å². The van der Waals surface area contributed by atoms with Gasteiger partial charge in [-0.05, 0) is 57.4 Å². The van der Waals surface area contributed by atoms with Crippen LogP contribution in [-0.2, 0) is 9.59 Å². The van der Waals surface area contributed by atoms with E-state index in [0.717, 1.165) is 64.2 Å². The van der Waals surface area contributed by atoms with Crippen molar-refractivity contribution in [1.29, 1.82) is 0 Å². The normalized spacial score (nSPS) is 26.4. The molecule has 3 rings (SSSR count). The van der Waals surface area contributed by atoms with Gasteiger partial charge in [0.1, 0.15) is 6.04 Å². The van der Waals surface area contributed by atoms with E-state index >= 15 is 0 Å². The van der Waals surface area contributed by atoms with E-state index in [1.165, 1.54) is 12.8 Å². The Labute approximate surface area is 139 Å². The molecule has 0 aromatic rings. The number of carbonyl (C=O) groups excluding carboxylic acids is 2. The molecule has 1 saturated carbocycles. The molecule has 2 amide bonds.